The number of carbonyl (C=O) groups is 7. The summed E-state index contributed by atoms with van der Waals surface area (Å²) in [6, 6.07) is 24.3. The first kappa shape index (κ1) is 84.4. The number of amides is 4. The fourth-order valence-electron chi connectivity index (χ4n) is 13.6. The molecule has 13 rings (SSSR count). The first-order valence-electron chi connectivity index (χ1n) is 36.6. The summed E-state index contributed by atoms with van der Waals surface area (Å²) < 4.78 is 81.0. The van der Waals surface area contributed by atoms with Gasteiger partial charge < -0.3 is 82.2 Å². The molecule has 0 radical (unpaired) electrons. The van der Waals surface area contributed by atoms with Crippen molar-refractivity contribution >= 4 is 65.4 Å². The molecule has 0 aliphatic carbocycles. The van der Waals surface area contributed by atoms with E-state index in [1.165, 1.54) is 84.1 Å². The number of hydrogen-bond acceptors (Lipinski definition) is 26. The van der Waals surface area contributed by atoms with Gasteiger partial charge in [-0.05, 0) is 112 Å². The quantitative estimate of drug-likeness (QED) is 0.0268. The number of ether oxygens (including phenoxy) is 5. The number of methoxy groups -OCH3 is 5. The van der Waals surface area contributed by atoms with Gasteiger partial charge >= 0.3 is 36.2 Å². The lowest BCUT2D eigenvalue weighted by Gasteiger charge is -2.31. The maximum atomic E-state index is 15.0. The Hall–Kier alpha value is -13.1. The van der Waals surface area contributed by atoms with E-state index in [1.54, 1.807) is 82.0 Å². The number of anilines is 4. The van der Waals surface area contributed by atoms with Gasteiger partial charge in [0.2, 0.25) is 0 Å². The Labute approximate surface area is 658 Å². The normalized spacial score (nSPS) is 16.7. The van der Waals surface area contributed by atoms with E-state index in [0.717, 1.165) is 76.2 Å². The minimum atomic E-state index is -1.35. The Bertz CT molecular complexity index is 5010. The van der Waals surface area contributed by atoms with Gasteiger partial charge in [0.15, 0.2) is 0 Å². The summed E-state index contributed by atoms with van der Waals surface area (Å²) in [4.78, 5) is 122. The smallest absolute Gasteiger partial charge is 0.409 e. The number of halogens is 4. The van der Waals surface area contributed by atoms with Crippen molar-refractivity contribution < 1.29 is 85.0 Å². The van der Waals surface area contributed by atoms with Crippen LogP contribution in [0.4, 0.5) is 55.2 Å². The predicted molar refractivity (Wildman–Crippen MR) is 413 cm³/mol. The number of piperidine rings is 4. The van der Waals surface area contributed by atoms with Crippen molar-refractivity contribution in [2.75, 3.05) is 117 Å². The highest BCUT2D eigenvalue weighted by atomic mass is 19.1. The summed E-state index contributed by atoms with van der Waals surface area (Å²) in [6.07, 6.45) is 12.2. The van der Waals surface area contributed by atoms with Crippen molar-refractivity contribution in [1.29, 1.82) is 0 Å². The number of rotatable bonds is 15. The lowest BCUT2D eigenvalue weighted by atomic mass is 9.95. The lowest BCUT2D eigenvalue weighted by molar-refractivity contribution is 0.0586. The van der Waals surface area contributed by atoms with Crippen LogP contribution < -0.4 is 33.6 Å². The summed E-state index contributed by atoms with van der Waals surface area (Å²) >= 11 is 0. The number of carboxylic acid groups (broad SMARTS) is 1. The maximum absolute atomic E-state index is 15.0. The second-order valence-corrected chi connectivity index (χ2v) is 27.1. The van der Waals surface area contributed by atoms with Crippen LogP contribution >= 0.6 is 0 Å². The van der Waals surface area contributed by atoms with Crippen LogP contribution in [0.25, 0.3) is 45.0 Å². The molecule has 31 nitrogen and oxygen atoms in total. The molecule has 35 heteroatoms. The Balaban J connectivity index is 0.000000164. The highest BCUT2D eigenvalue weighted by molar-refractivity contribution is 5.96. The number of aromatic nitrogens is 8. The number of carbonyl (C=O) groups excluding carboxylic acids is 6. The van der Waals surface area contributed by atoms with Gasteiger partial charge in [-0.2, -0.15) is 0 Å². The van der Waals surface area contributed by atoms with E-state index in [4.69, 9.17) is 42.3 Å². The zero-order valence-corrected chi connectivity index (χ0v) is 63.6. The van der Waals surface area contributed by atoms with Gasteiger partial charge in [-0.25, -0.2) is 86.2 Å². The van der Waals surface area contributed by atoms with Gasteiger partial charge in [0.1, 0.15) is 69.3 Å². The number of likely N-dealkylation sites (tertiary alicyclic amines) is 3. The van der Waals surface area contributed by atoms with E-state index < -0.39 is 70.9 Å². The average Bonchev–Trinajstić information content (AvgIpc) is 0.811. The van der Waals surface area contributed by atoms with Gasteiger partial charge in [0.25, 0.3) is 5.91 Å². The van der Waals surface area contributed by atoms with E-state index in [0.29, 0.717) is 101 Å². The van der Waals surface area contributed by atoms with Gasteiger partial charge in [0, 0.05) is 91.7 Å². The van der Waals surface area contributed by atoms with Crippen LogP contribution in [0.5, 0.6) is 0 Å². The number of nitrogen functional groups attached to an aromatic ring is 4. The first-order valence-corrected chi connectivity index (χ1v) is 36.6. The van der Waals surface area contributed by atoms with Crippen molar-refractivity contribution in [2.24, 2.45) is 0 Å². The largest absolute Gasteiger partial charge is 0.478 e. The van der Waals surface area contributed by atoms with Gasteiger partial charge in [-0.1, -0.05) is 54.6 Å². The molecule has 4 saturated heterocycles. The van der Waals surface area contributed by atoms with Crippen LogP contribution in [0.1, 0.15) is 151 Å². The molecular weight excluding hydrogens is 1500 g/mol. The molecule has 604 valence electrons. The molecule has 5 aromatic carbocycles. The molecule has 115 heavy (non-hydrogen) atoms. The zero-order chi connectivity index (χ0) is 82.6. The minimum Gasteiger partial charge on any atom is -0.478 e. The number of nitrogens with two attached hydrogens (primary N) is 4. The van der Waals surface area contributed by atoms with Crippen LogP contribution in [0.3, 0.4) is 0 Å². The number of aromatic carboxylic acids is 1. The molecule has 0 saturated carbocycles. The molecule has 12 N–H and O–H groups in total. The molecule has 4 fully saturated rings. The SMILES string of the molecule is COC(=O)N1CCCC(c2cnc(N)c(-c3ccc(C(=O)N[C@H](CO)c4ccccc4)c(F)c3)n2)C1.COC(=O)N1CCCC(c2cnc(N)c(-c3ccc(C(=O)O)c(F)c3)n2)C1.COC(=O)c1ccc(-c2nc(C3CCCN(C(=O)OC)C3)cnc2N)cc1F.COC(=O)c1ccc(-c2nc(C3CCCNC3)cnc2N)cc1F. The Morgan fingerprint density at radius 3 is 1.10 bits per heavy atom. The summed E-state index contributed by atoms with van der Waals surface area (Å²) in [5.74, 6) is -5.78. The van der Waals surface area contributed by atoms with Crippen molar-refractivity contribution in [2.45, 2.75) is 81.1 Å². The molecule has 4 unspecified atom stereocenters. The number of esters is 2. The third-order valence-electron chi connectivity index (χ3n) is 19.8. The van der Waals surface area contributed by atoms with Crippen LogP contribution in [0.2, 0.25) is 0 Å². The average molecular weight is 1590 g/mol. The molecule has 4 aliphatic heterocycles. The van der Waals surface area contributed by atoms with Crippen LogP contribution in [0, 0.1) is 23.3 Å². The number of nitrogens with zero attached hydrogens (tertiary/aromatic N) is 11. The van der Waals surface area contributed by atoms with Crippen molar-refractivity contribution in [3.05, 3.63) is 202 Å². The molecular formula is C80H87F4N17O14. The molecule has 5 atom stereocenters. The third-order valence-corrected chi connectivity index (χ3v) is 19.8. The molecule has 4 aliphatic rings. The standard InChI is InChI=1S/C26H28FN5O4.C19H21FN4O4.C18H19FN4O4.C17H19FN4O2/c1-36-26(35)32-11-5-8-18(14-32)21-13-29-24(28)23(30-21)17-9-10-19(20(27)12-17)25(34)31-22(15-33)16-6-3-2-4-7-16;1-27-18(25)13-6-5-11(8-14(13)20)16-17(21)22-9-15(23-16)12-4-3-7-24(10-12)19(26)28-2;1-27-18(26)23-6-2-3-11(9-23)14-8-21-16(20)15(22-14)10-4-5-12(17(24)25)13(19)7-10;1-24-17(23)12-5-4-10(7-13(12)18)15-16(19)21-9-14(22-15)11-3-2-6-20-8-11/h2-4,6-7,9-10,12-13,18,22,33H,5,8,11,14-15H2,1H3,(H2,28,29)(H,31,34);5-6,8-9,12H,3-4,7,10H2,1-2H3,(H2,21,22);4-5,7-8,11H,2-3,6,9H2,1H3,(H2,20,21)(H,24,25);4-5,7,9,11,20H,2-3,6,8H2,1H3,(H2,19,21)/t18?,22-;;;/m1.../s1. The van der Waals surface area contributed by atoms with Crippen LogP contribution in [-0.2, 0) is 23.7 Å². The number of aliphatic hydroxyl groups excluding tert-OH is 1. The van der Waals surface area contributed by atoms with E-state index in [1.807, 2.05) is 6.07 Å². The molecule has 0 spiro atoms. The van der Waals surface area contributed by atoms with E-state index in [2.05, 4.69) is 60.0 Å². The van der Waals surface area contributed by atoms with Crippen molar-refractivity contribution in [1.82, 2.24) is 65.2 Å². The lowest BCUT2D eigenvalue weighted by Crippen LogP contribution is -2.39. The molecule has 4 amide bonds. The fourth-order valence-corrected chi connectivity index (χ4v) is 13.6. The van der Waals surface area contributed by atoms with Gasteiger partial charge in [0.05, 0.1) is 118 Å². The second kappa shape index (κ2) is 39.4. The predicted octanol–water partition coefficient (Wildman–Crippen LogP) is 10.5. The number of carboxylic acids is 1. The van der Waals surface area contributed by atoms with Gasteiger partial charge in [-0.15, -0.1) is 0 Å². The number of hydrogen-bond donors (Lipinski definition) is 8. The Morgan fingerprint density at radius 2 is 0.791 bits per heavy atom. The van der Waals surface area contributed by atoms with Crippen molar-refractivity contribution in [3.63, 3.8) is 0 Å². The van der Waals surface area contributed by atoms with Crippen LogP contribution in [-0.4, -0.2) is 201 Å². The number of aliphatic hydroxyl groups is 1. The number of benzene rings is 5. The van der Waals surface area contributed by atoms with Crippen LogP contribution in [0.15, 0.2) is 128 Å². The van der Waals surface area contributed by atoms with Gasteiger partial charge in [-0.3, -0.25) is 4.79 Å². The summed E-state index contributed by atoms with van der Waals surface area (Å²) in [5, 5.41) is 24.6. The third kappa shape index (κ3) is 21.0. The summed E-state index contributed by atoms with van der Waals surface area (Å²) in [6.45, 7) is 4.69. The Morgan fingerprint density at radius 1 is 0.461 bits per heavy atom. The fraction of sp³-hybridized carbons (Fsp3) is 0.338. The van der Waals surface area contributed by atoms with E-state index >= 15 is 4.39 Å². The maximum Gasteiger partial charge on any atom is 0.409 e. The minimum absolute atomic E-state index is 0.0288. The van der Waals surface area contributed by atoms with E-state index in [9.17, 15) is 51.8 Å². The molecule has 4 aromatic heterocycles. The van der Waals surface area contributed by atoms with Crippen molar-refractivity contribution in [3.8, 4) is 45.0 Å². The summed E-state index contributed by atoms with van der Waals surface area (Å²) in [7, 11) is 6.42. The topological polar surface area (TPSA) is 447 Å². The second-order valence-electron chi connectivity index (χ2n) is 27.1. The number of nitrogens with one attached hydrogen (secondary N) is 2. The first-order chi connectivity index (χ1) is 55.3. The molecule has 9 aromatic rings. The highest BCUT2D eigenvalue weighted by Crippen LogP contribution is 2.36. The highest BCUT2D eigenvalue weighted by Gasteiger charge is 2.32. The van der Waals surface area contributed by atoms with E-state index in [-0.39, 0.29) is 82.0 Å². The molecule has 8 heterocycles. The Kier molecular flexibility index (Phi) is 28.9. The zero-order valence-electron chi connectivity index (χ0n) is 63.6. The molecule has 0 bridgehead atoms. The monoisotopic (exact) mass is 1590 g/mol. The summed E-state index contributed by atoms with van der Waals surface area (Å²) in [5.41, 5.74) is 29.3.